The summed E-state index contributed by atoms with van der Waals surface area (Å²) in [6, 6.07) is 12.6. The highest BCUT2D eigenvalue weighted by molar-refractivity contribution is 9.10. The summed E-state index contributed by atoms with van der Waals surface area (Å²) in [7, 11) is 0. The zero-order valence-electron chi connectivity index (χ0n) is 19.1. The van der Waals surface area contributed by atoms with Gasteiger partial charge in [0.15, 0.2) is 5.78 Å². The number of halogens is 1. The number of pyridine rings is 2. The predicted octanol–water partition coefficient (Wildman–Crippen LogP) is 3.73. The summed E-state index contributed by atoms with van der Waals surface area (Å²) in [5.41, 5.74) is 3.05. The van der Waals surface area contributed by atoms with E-state index in [0.717, 1.165) is 47.2 Å². The van der Waals surface area contributed by atoms with Crippen molar-refractivity contribution >= 4 is 21.7 Å². The van der Waals surface area contributed by atoms with Crippen LogP contribution >= 0.6 is 15.9 Å². The number of β-amino-alcohol motifs (C(OH)–C–C–N with tert-alkyl or cyclic N) is 1. The van der Waals surface area contributed by atoms with E-state index in [2.05, 4.69) is 25.8 Å². The van der Waals surface area contributed by atoms with E-state index in [9.17, 15) is 14.7 Å². The van der Waals surface area contributed by atoms with Crippen LogP contribution in [0.25, 0.3) is 0 Å². The quantitative estimate of drug-likeness (QED) is 0.451. The van der Waals surface area contributed by atoms with E-state index in [4.69, 9.17) is 4.74 Å². The molecule has 1 unspecified atom stereocenters. The van der Waals surface area contributed by atoms with Gasteiger partial charge in [0.2, 0.25) is 0 Å². The summed E-state index contributed by atoms with van der Waals surface area (Å²) in [4.78, 5) is 31.9. The molecule has 4 rings (SSSR count). The molecule has 1 saturated heterocycles. The molecule has 7 nitrogen and oxygen atoms in total. The number of aryl methyl sites for hydroxylation is 1. The summed E-state index contributed by atoms with van der Waals surface area (Å²) in [6.07, 6.45) is 4.86. The average molecular weight is 526 g/mol. The van der Waals surface area contributed by atoms with Gasteiger partial charge in [-0.15, -0.1) is 0 Å². The molecule has 1 aromatic carbocycles. The van der Waals surface area contributed by atoms with Crippen LogP contribution in [-0.4, -0.2) is 44.5 Å². The summed E-state index contributed by atoms with van der Waals surface area (Å²) in [6.45, 7) is 4.53. The molecule has 1 N–H and O–H groups in total. The van der Waals surface area contributed by atoms with Gasteiger partial charge in [0.1, 0.15) is 12.4 Å². The van der Waals surface area contributed by atoms with Crippen molar-refractivity contribution in [3.63, 3.8) is 0 Å². The van der Waals surface area contributed by atoms with E-state index < -0.39 is 0 Å². The van der Waals surface area contributed by atoms with Crippen molar-refractivity contribution in [3.8, 4) is 5.75 Å². The average Bonchev–Trinajstić information content (AvgIpc) is 2.80. The topological polar surface area (TPSA) is 84.7 Å². The molecule has 1 aliphatic heterocycles. The van der Waals surface area contributed by atoms with Crippen LogP contribution in [0, 0.1) is 6.92 Å². The summed E-state index contributed by atoms with van der Waals surface area (Å²) < 4.78 is 7.93. The van der Waals surface area contributed by atoms with Crippen molar-refractivity contribution in [2.75, 3.05) is 13.1 Å². The first-order valence-electron chi connectivity index (χ1n) is 11.3. The van der Waals surface area contributed by atoms with Crippen LogP contribution in [0.2, 0.25) is 0 Å². The minimum absolute atomic E-state index is 0.0358. The Morgan fingerprint density at radius 3 is 2.79 bits per heavy atom. The number of ether oxygens (including phenoxy) is 1. The van der Waals surface area contributed by atoms with Gasteiger partial charge >= 0.3 is 0 Å². The lowest BCUT2D eigenvalue weighted by Crippen LogP contribution is -2.37. The molecule has 34 heavy (non-hydrogen) atoms. The smallest absolute Gasteiger partial charge is 0.254 e. The highest BCUT2D eigenvalue weighted by Gasteiger charge is 2.18. The molecule has 0 saturated carbocycles. The van der Waals surface area contributed by atoms with E-state index >= 15 is 0 Å². The number of rotatable bonds is 8. The minimum atomic E-state index is -0.299. The van der Waals surface area contributed by atoms with E-state index in [1.54, 1.807) is 18.5 Å². The number of benzene rings is 1. The van der Waals surface area contributed by atoms with Gasteiger partial charge in [0.05, 0.1) is 18.3 Å². The number of nitrogens with zero attached hydrogens (tertiary/aromatic N) is 3. The third-order valence-corrected chi connectivity index (χ3v) is 6.40. The Balaban J connectivity index is 1.37. The Morgan fingerprint density at radius 2 is 2.09 bits per heavy atom. The molecule has 2 aromatic heterocycles. The van der Waals surface area contributed by atoms with Gasteiger partial charge < -0.3 is 14.4 Å². The fourth-order valence-electron chi connectivity index (χ4n) is 4.17. The molecule has 3 heterocycles. The monoisotopic (exact) mass is 525 g/mol. The molecular formula is C26H28BrN3O4. The van der Waals surface area contributed by atoms with E-state index in [-0.39, 0.29) is 30.6 Å². The second-order valence-electron chi connectivity index (χ2n) is 8.69. The molecule has 8 heteroatoms. The fourth-order valence-corrected chi connectivity index (χ4v) is 4.40. The van der Waals surface area contributed by atoms with E-state index in [1.165, 1.54) is 10.6 Å². The molecule has 1 aliphatic rings. The molecule has 3 aromatic rings. The first-order valence-corrected chi connectivity index (χ1v) is 12.1. The number of likely N-dealkylation sites (tertiary alicyclic amines) is 1. The maximum absolute atomic E-state index is 12.9. The summed E-state index contributed by atoms with van der Waals surface area (Å²) >= 11 is 3.34. The number of Topliss-reactive ketones (excluding diaryl/α,β-unsaturated/α-hetero) is 1. The lowest BCUT2D eigenvalue weighted by molar-refractivity contribution is 0.0668. The Morgan fingerprint density at radius 1 is 1.24 bits per heavy atom. The van der Waals surface area contributed by atoms with Crippen molar-refractivity contribution in [2.24, 2.45) is 0 Å². The lowest BCUT2D eigenvalue weighted by Gasteiger charge is -2.30. The van der Waals surface area contributed by atoms with Crippen molar-refractivity contribution in [1.82, 2.24) is 14.5 Å². The van der Waals surface area contributed by atoms with Gasteiger partial charge in [-0.25, -0.2) is 0 Å². The van der Waals surface area contributed by atoms with Gasteiger partial charge in [0.25, 0.3) is 5.56 Å². The second-order valence-corrected chi connectivity index (χ2v) is 9.60. The molecule has 0 spiro atoms. The van der Waals surface area contributed by atoms with Crippen LogP contribution in [0.4, 0.5) is 0 Å². The third kappa shape index (κ3) is 6.40. The lowest BCUT2D eigenvalue weighted by atomic mass is 10.0. The van der Waals surface area contributed by atoms with Crippen molar-refractivity contribution in [3.05, 3.63) is 92.1 Å². The van der Waals surface area contributed by atoms with Gasteiger partial charge in [-0.2, -0.15) is 0 Å². The van der Waals surface area contributed by atoms with Crippen molar-refractivity contribution < 1.29 is 14.6 Å². The molecule has 0 amide bonds. The number of carbonyl (C=O) groups is 1. The molecule has 0 aliphatic carbocycles. The highest BCUT2D eigenvalue weighted by atomic mass is 79.9. The number of aliphatic hydroxyl groups is 1. The van der Waals surface area contributed by atoms with Gasteiger partial charge in [-0.05, 0) is 71.6 Å². The first kappa shape index (κ1) is 24.3. The SMILES string of the molecule is Cc1cc(CN2CCCC(O)C2)ccc1C(=O)Cn1ccc(OCc2ccc(Br)cn2)cc1=O. The predicted molar refractivity (Wildman–Crippen MR) is 133 cm³/mol. The second kappa shape index (κ2) is 11.1. The number of piperidine rings is 1. The zero-order valence-corrected chi connectivity index (χ0v) is 20.7. The maximum Gasteiger partial charge on any atom is 0.254 e. The molecular weight excluding hydrogens is 498 g/mol. The summed E-state index contributed by atoms with van der Waals surface area (Å²) in [5, 5.41) is 9.87. The summed E-state index contributed by atoms with van der Waals surface area (Å²) in [5.74, 6) is 0.314. The third-order valence-electron chi connectivity index (χ3n) is 5.93. The van der Waals surface area contributed by atoms with Gasteiger partial charge in [-0.1, -0.05) is 18.2 Å². The molecule has 1 fully saturated rings. The van der Waals surface area contributed by atoms with Crippen LogP contribution in [0.1, 0.15) is 40.0 Å². The number of hydrogen-bond acceptors (Lipinski definition) is 6. The van der Waals surface area contributed by atoms with E-state index in [1.807, 2.05) is 37.3 Å². The van der Waals surface area contributed by atoms with Crippen LogP contribution in [0.3, 0.4) is 0 Å². The van der Waals surface area contributed by atoms with Crippen LogP contribution in [0.5, 0.6) is 5.75 Å². The number of aliphatic hydroxyl groups excluding tert-OH is 1. The molecule has 0 radical (unpaired) electrons. The van der Waals surface area contributed by atoms with Gasteiger partial charge in [-0.3, -0.25) is 19.5 Å². The van der Waals surface area contributed by atoms with Crippen LogP contribution in [0.15, 0.2) is 64.1 Å². The molecule has 178 valence electrons. The Kier molecular flexibility index (Phi) is 7.92. The number of hydrogen-bond donors (Lipinski definition) is 1. The van der Waals surface area contributed by atoms with Crippen molar-refractivity contribution in [1.29, 1.82) is 0 Å². The number of aromatic nitrogens is 2. The normalized spacial score (nSPS) is 16.4. The zero-order chi connectivity index (χ0) is 24.1. The molecule has 0 bridgehead atoms. The largest absolute Gasteiger partial charge is 0.487 e. The fraction of sp³-hybridized carbons (Fsp3) is 0.346. The first-order chi connectivity index (χ1) is 16.4. The van der Waals surface area contributed by atoms with E-state index in [0.29, 0.717) is 17.9 Å². The Hall–Kier alpha value is -2.81. The Labute approximate surface area is 207 Å². The van der Waals surface area contributed by atoms with Crippen molar-refractivity contribution in [2.45, 2.75) is 45.6 Å². The Bertz CT molecular complexity index is 1210. The molecule has 1 atom stereocenters. The maximum atomic E-state index is 12.9. The number of ketones is 1. The highest BCUT2D eigenvalue weighted by Crippen LogP contribution is 2.18. The van der Waals surface area contributed by atoms with Gasteiger partial charge in [0, 0.05) is 41.6 Å². The number of carbonyl (C=O) groups excluding carboxylic acids is 1. The van der Waals surface area contributed by atoms with Crippen LogP contribution < -0.4 is 10.3 Å². The standard InChI is InChI=1S/C26H28BrN3O4/c1-18-11-19(14-29-9-2-3-22(31)15-29)4-7-24(18)25(32)16-30-10-8-23(12-26(30)33)34-17-21-6-5-20(27)13-28-21/h4-8,10-13,22,31H,2-3,9,14-17H2,1H3. The minimum Gasteiger partial charge on any atom is -0.487 e. The van der Waals surface area contributed by atoms with Crippen LogP contribution in [-0.2, 0) is 19.7 Å².